The normalized spacial score (nSPS) is 12.2. The monoisotopic (exact) mass is 382 g/mol. The first-order valence-corrected chi connectivity index (χ1v) is 10.5. The van der Waals surface area contributed by atoms with Crippen molar-refractivity contribution in [1.29, 1.82) is 0 Å². The Morgan fingerprint density at radius 1 is 0.679 bits per heavy atom. The van der Waals surface area contributed by atoms with Crippen LogP contribution in [-0.4, -0.2) is 12.2 Å². The van der Waals surface area contributed by atoms with E-state index in [1.54, 1.807) is 0 Å². The van der Waals surface area contributed by atoms with Crippen LogP contribution in [0.1, 0.15) is 81.3 Å². The summed E-state index contributed by atoms with van der Waals surface area (Å²) in [4.78, 5) is 0. The summed E-state index contributed by atoms with van der Waals surface area (Å²) in [5, 5.41) is 0. The predicted molar refractivity (Wildman–Crippen MR) is 120 cm³/mol. The molecule has 0 unspecified atom stereocenters. The van der Waals surface area contributed by atoms with Gasteiger partial charge in [-0.3, -0.25) is 0 Å². The van der Waals surface area contributed by atoms with Crippen LogP contribution in [0.15, 0.2) is 24.3 Å². The molecule has 0 saturated heterocycles. The summed E-state index contributed by atoms with van der Waals surface area (Å²) in [6.07, 6.45) is 0.976. The third-order valence-corrected chi connectivity index (χ3v) is 5.88. The lowest BCUT2D eigenvalue weighted by molar-refractivity contribution is 0.103. The molecule has 0 aliphatic heterocycles. The number of ether oxygens (including phenoxy) is 2. The van der Waals surface area contributed by atoms with Crippen LogP contribution >= 0.6 is 0 Å². The lowest BCUT2D eigenvalue weighted by atomic mass is 9.76. The van der Waals surface area contributed by atoms with Gasteiger partial charge in [0.1, 0.15) is 17.1 Å². The summed E-state index contributed by atoms with van der Waals surface area (Å²) in [5.41, 5.74) is 7.16. The molecule has 2 aromatic rings. The third kappa shape index (κ3) is 4.54. The maximum absolute atomic E-state index is 6.35. The van der Waals surface area contributed by atoms with Gasteiger partial charge in [-0.2, -0.15) is 0 Å². The molecule has 0 aromatic heterocycles. The zero-order valence-corrected chi connectivity index (χ0v) is 19.5. The minimum absolute atomic E-state index is 0.103. The van der Waals surface area contributed by atoms with Crippen LogP contribution in [0, 0.1) is 27.7 Å². The summed E-state index contributed by atoms with van der Waals surface area (Å²) in [6.45, 7) is 22.4. The number of hydrogen-bond acceptors (Lipinski definition) is 2. The molecule has 2 aromatic carbocycles. The highest BCUT2D eigenvalue weighted by Gasteiger charge is 2.27. The SMILES string of the molecule is CCOc1c(C)cc(C(C)(C)c2cc(C)c(OC(C)(C)CC)c(C)c2)cc1C. The summed E-state index contributed by atoms with van der Waals surface area (Å²) in [6, 6.07) is 9.12. The molecule has 0 atom stereocenters. The molecule has 0 aliphatic carbocycles. The number of benzene rings is 2. The molecule has 0 heterocycles. The van der Waals surface area contributed by atoms with E-state index in [4.69, 9.17) is 9.47 Å². The van der Waals surface area contributed by atoms with E-state index in [0.29, 0.717) is 6.61 Å². The van der Waals surface area contributed by atoms with Crippen molar-refractivity contribution in [3.8, 4) is 11.5 Å². The van der Waals surface area contributed by atoms with Gasteiger partial charge in [0.2, 0.25) is 0 Å². The Kier molecular flexibility index (Phi) is 6.53. The highest BCUT2D eigenvalue weighted by molar-refractivity contribution is 5.52. The highest BCUT2D eigenvalue weighted by atomic mass is 16.5. The van der Waals surface area contributed by atoms with Gasteiger partial charge in [0.05, 0.1) is 6.61 Å². The van der Waals surface area contributed by atoms with Gasteiger partial charge in [-0.05, 0) is 88.3 Å². The predicted octanol–water partition coefficient (Wildman–Crippen LogP) is 7.21. The van der Waals surface area contributed by atoms with Gasteiger partial charge in [0.25, 0.3) is 0 Å². The lowest BCUT2D eigenvalue weighted by Gasteiger charge is -2.31. The molecule has 2 nitrogen and oxygen atoms in total. The van der Waals surface area contributed by atoms with Crippen molar-refractivity contribution in [3.05, 3.63) is 57.6 Å². The van der Waals surface area contributed by atoms with E-state index in [2.05, 4.69) is 86.6 Å². The Hall–Kier alpha value is -1.96. The Morgan fingerprint density at radius 3 is 1.43 bits per heavy atom. The van der Waals surface area contributed by atoms with Crippen LogP contribution in [0.4, 0.5) is 0 Å². The molecule has 28 heavy (non-hydrogen) atoms. The fourth-order valence-corrected chi connectivity index (χ4v) is 3.67. The number of aryl methyl sites for hydroxylation is 4. The summed E-state index contributed by atoms with van der Waals surface area (Å²) < 4.78 is 12.2. The van der Waals surface area contributed by atoms with Crippen molar-refractivity contribution in [1.82, 2.24) is 0 Å². The maximum Gasteiger partial charge on any atom is 0.125 e. The lowest BCUT2D eigenvalue weighted by Crippen LogP contribution is -2.28. The number of rotatable bonds is 7. The van der Waals surface area contributed by atoms with Gasteiger partial charge in [-0.1, -0.05) is 45.0 Å². The molecule has 0 spiro atoms. The third-order valence-electron chi connectivity index (χ3n) is 5.88. The number of hydrogen-bond donors (Lipinski definition) is 0. The van der Waals surface area contributed by atoms with Crippen molar-refractivity contribution in [2.24, 2.45) is 0 Å². The molecule has 0 saturated carbocycles. The molecule has 0 aliphatic rings. The van der Waals surface area contributed by atoms with E-state index in [-0.39, 0.29) is 11.0 Å². The van der Waals surface area contributed by atoms with Crippen molar-refractivity contribution in [2.45, 2.75) is 86.7 Å². The molecule has 2 heteroatoms. The van der Waals surface area contributed by atoms with Crippen molar-refractivity contribution in [2.75, 3.05) is 6.61 Å². The van der Waals surface area contributed by atoms with Gasteiger partial charge in [-0.15, -0.1) is 0 Å². The van der Waals surface area contributed by atoms with Crippen LogP contribution < -0.4 is 9.47 Å². The summed E-state index contributed by atoms with van der Waals surface area (Å²) >= 11 is 0. The van der Waals surface area contributed by atoms with Gasteiger partial charge >= 0.3 is 0 Å². The van der Waals surface area contributed by atoms with Crippen molar-refractivity contribution < 1.29 is 9.47 Å². The topological polar surface area (TPSA) is 18.5 Å². The Bertz CT molecular complexity index is 797. The molecule has 0 amide bonds. The van der Waals surface area contributed by atoms with Crippen LogP contribution in [0.3, 0.4) is 0 Å². The van der Waals surface area contributed by atoms with Gasteiger partial charge in [0.15, 0.2) is 0 Å². The largest absolute Gasteiger partial charge is 0.493 e. The van der Waals surface area contributed by atoms with Gasteiger partial charge < -0.3 is 9.47 Å². The molecule has 0 bridgehead atoms. The Morgan fingerprint density at radius 2 is 1.07 bits per heavy atom. The van der Waals surface area contributed by atoms with E-state index < -0.39 is 0 Å². The smallest absolute Gasteiger partial charge is 0.125 e. The first-order valence-electron chi connectivity index (χ1n) is 10.5. The summed E-state index contributed by atoms with van der Waals surface area (Å²) in [7, 11) is 0. The van der Waals surface area contributed by atoms with E-state index in [1.165, 1.54) is 33.4 Å². The fraction of sp³-hybridized carbons (Fsp3) is 0.538. The zero-order valence-electron chi connectivity index (χ0n) is 19.5. The molecule has 154 valence electrons. The first-order chi connectivity index (χ1) is 12.9. The molecule has 0 N–H and O–H groups in total. The average molecular weight is 383 g/mol. The molecular formula is C26H38O2. The molecule has 0 fully saturated rings. The van der Waals surface area contributed by atoms with E-state index in [9.17, 15) is 0 Å². The van der Waals surface area contributed by atoms with Crippen molar-refractivity contribution >= 4 is 0 Å². The van der Waals surface area contributed by atoms with Gasteiger partial charge in [-0.25, -0.2) is 0 Å². The second kappa shape index (κ2) is 8.19. The van der Waals surface area contributed by atoms with E-state index >= 15 is 0 Å². The molecule has 2 rings (SSSR count). The molecular weight excluding hydrogens is 344 g/mol. The van der Waals surface area contributed by atoms with E-state index in [0.717, 1.165) is 17.9 Å². The maximum atomic E-state index is 6.35. The highest BCUT2D eigenvalue weighted by Crippen LogP contribution is 2.39. The first kappa shape index (κ1) is 22.3. The zero-order chi connectivity index (χ0) is 21.3. The Labute approximate surface area is 172 Å². The Balaban J connectivity index is 2.49. The molecule has 0 radical (unpaired) electrons. The van der Waals surface area contributed by atoms with Crippen LogP contribution in [-0.2, 0) is 5.41 Å². The minimum atomic E-state index is -0.157. The summed E-state index contributed by atoms with van der Waals surface area (Å²) in [5.74, 6) is 2.03. The van der Waals surface area contributed by atoms with Gasteiger partial charge in [0, 0.05) is 5.41 Å². The average Bonchev–Trinajstić information content (AvgIpc) is 2.60. The van der Waals surface area contributed by atoms with Crippen molar-refractivity contribution in [3.63, 3.8) is 0 Å². The van der Waals surface area contributed by atoms with E-state index in [1.807, 2.05) is 6.92 Å². The quantitative estimate of drug-likeness (QED) is 0.503. The van der Waals surface area contributed by atoms with Crippen LogP contribution in [0.25, 0.3) is 0 Å². The minimum Gasteiger partial charge on any atom is -0.493 e. The van der Waals surface area contributed by atoms with Crippen LogP contribution in [0.2, 0.25) is 0 Å². The fourth-order valence-electron chi connectivity index (χ4n) is 3.67. The second-order valence-electron chi connectivity index (χ2n) is 9.15. The standard InChI is InChI=1S/C26H38O2/c1-11-25(7,8)28-24-19(5)15-22(16-20(24)6)26(9,10)21-13-17(3)23(27-12-2)18(4)14-21/h13-16H,11-12H2,1-10H3. The van der Waals surface area contributed by atoms with Crippen LogP contribution in [0.5, 0.6) is 11.5 Å². The second-order valence-corrected chi connectivity index (χ2v) is 9.15.